The molecule has 0 spiro atoms. The van der Waals surface area contributed by atoms with Gasteiger partial charge in [-0.3, -0.25) is 4.79 Å². The quantitative estimate of drug-likeness (QED) is 0.931. The minimum atomic E-state index is -0.738. The normalized spacial score (nSPS) is 17.2. The van der Waals surface area contributed by atoms with Gasteiger partial charge in [0.1, 0.15) is 0 Å². The van der Waals surface area contributed by atoms with Crippen LogP contribution in [0.5, 0.6) is 0 Å². The fourth-order valence-electron chi connectivity index (χ4n) is 3.00. The first-order valence-electron chi connectivity index (χ1n) is 6.85. The number of nitrogens with zero attached hydrogens (tertiary/aromatic N) is 3. The van der Waals surface area contributed by atoms with Crippen molar-refractivity contribution < 1.29 is 9.90 Å². The number of aryl methyl sites for hydroxylation is 1. The van der Waals surface area contributed by atoms with Gasteiger partial charge in [-0.2, -0.15) is 15.0 Å². The monoisotopic (exact) mass is 271 g/mol. The standard InChI is InChI=1S/C15H17N3O2/c1-11-10-16-18(17-11)13-6-4-5-12(9-13)15(14(19)20)7-2-3-8-15/h4-6,9-10H,2-3,7-8H2,1H3,(H,19,20). The molecule has 1 N–H and O–H groups in total. The Hall–Kier alpha value is -2.17. The molecule has 0 atom stereocenters. The highest BCUT2D eigenvalue weighted by atomic mass is 16.4. The SMILES string of the molecule is Cc1cnn(-c2cccc(C3(C(=O)O)CCCC3)c2)n1. The molecule has 1 aliphatic rings. The van der Waals surface area contributed by atoms with Gasteiger partial charge in [-0.15, -0.1) is 0 Å². The third-order valence-electron chi connectivity index (χ3n) is 4.10. The summed E-state index contributed by atoms with van der Waals surface area (Å²) in [6, 6.07) is 7.58. The summed E-state index contributed by atoms with van der Waals surface area (Å²) in [5, 5.41) is 18.1. The van der Waals surface area contributed by atoms with Gasteiger partial charge in [0.15, 0.2) is 0 Å². The molecule has 104 valence electrons. The van der Waals surface area contributed by atoms with Gasteiger partial charge >= 0.3 is 5.97 Å². The van der Waals surface area contributed by atoms with Crippen molar-refractivity contribution in [3.63, 3.8) is 0 Å². The van der Waals surface area contributed by atoms with E-state index in [1.54, 1.807) is 11.0 Å². The predicted molar refractivity (Wildman–Crippen MR) is 73.9 cm³/mol. The minimum absolute atomic E-state index is 0.706. The van der Waals surface area contributed by atoms with Gasteiger partial charge in [0.25, 0.3) is 0 Å². The van der Waals surface area contributed by atoms with E-state index < -0.39 is 11.4 Å². The second-order valence-electron chi connectivity index (χ2n) is 5.42. The van der Waals surface area contributed by atoms with Gasteiger partial charge in [-0.1, -0.05) is 25.0 Å². The minimum Gasteiger partial charge on any atom is -0.481 e. The zero-order valence-corrected chi connectivity index (χ0v) is 11.4. The Kier molecular flexibility index (Phi) is 3.04. The fourth-order valence-corrected chi connectivity index (χ4v) is 3.00. The average molecular weight is 271 g/mol. The summed E-state index contributed by atoms with van der Waals surface area (Å²) >= 11 is 0. The molecule has 1 aromatic heterocycles. The van der Waals surface area contributed by atoms with Crippen molar-refractivity contribution in [1.82, 2.24) is 15.0 Å². The second kappa shape index (κ2) is 4.74. The van der Waals surface area contributed by atoms with Gasteiger partial charge in [-0.25, -0.2) is 0 Å². The molecule has 0 bridgehead atoms. The van der Waals surface area contributed by atoms with Crippen LogP contribution in [0.1, 0.15) is 36.9 Å². The van der Waals surface area contributed by atoms with E-state index in [0.717, 1.165) is 29.8 Å². The number of aromatic nitrogens is 3. The van der Waals surface area contributed by atoms with Crippen LogP contribution in [-0.2, 0) is 10.2 Å². The molecule has 0 amide bonds. The first kappa shape index (κ1) is 12.8. The lowest BCUT2D eigenvalue weighted by Gasteiger charge is -2.24. The predicted octanol–water partition coefficient (Wildman–Crippen LogP) is 2.47. The van der Waals surface area contributed by atoms with Crippen LogP contribution in [0, 0.1) is 6.92 Å². The molecule has 0 aliphatic heterocycles. The first-order valence-corrected chi connectivity index (χ1v) is 6.85. The molecule has 1 saturated carbocycles. The topological polar surface area (TPSA) is 68.0 Å². The van der Waals surface area contributed by atoms with Crippen LogP contribution in [0.2, 0.25) is 0 Å². The van der Waals surface area contributed by atoms with Crippen LogP contribution in [0.3, 0.4) is 0 Å². The van der Waals surface area contributed by atoms with E-state index in [2.05, 4.69) is 10.2 Å². The molecular weight excluding hydrogens is 254 g/mol. The summed E-state index contributed by atoms with van der Waals surface area (Å²) in [5.41, 5.74) is 1.76. The Morgan fingerprint density at radius 1 is 1.35 bits per heavy atom. The number of benzene rings is 1. The lowest BCUT2D eigenvalue weighted by molar-refractivity contribution is -0.143. The molecule has 5 nitrogen and oxygen atoms in total. The lowest BCUT2D eigenvalue weighted by atomic mass is 9.79. The van der Waals surface area contributed by atoms with Crippen molar-refractivity contribution in [2.45, 2.75) is 38.0 Å². The summed E-state index contributed by atoms with van der Waals surface area (Å²) in [7, 11) is 0. The third kappa shape index (κ3) is 1.99. The number of carboxylic acid groups (broad SMARTS) is 1. The van der Waals surface area contributed by atoms with Crippen molar-refractivity contribution in [3.8, 4) is 5.69 Å². The van der Waals surface area contributed by atoms with Crippen LogP contribution < -0.4 is 0 Å². The van der Waals surface area contributed by atoms with E-state index in [1.165, 1.54) is 0 Å². The lowest BCUT2D eigenvalue weighted by Crippen LogP contribution is -2.32. The van der Waals surface area contributed by atoms with Crippen molar-refractivity contribution in [2.24, 2.45) is 0 Å². The summed E-state index contributed by atoms with van der Waals surface area (Å²) in [6.45, 7) is 1.88. The molecule has 20 heavy (non-hydrogen) atoms. The maximum Gasteiger partial charge on any atom is 0.314 e. The Morgan fingerprint density at radius 2 is 2.10 bits per heavy atom. The molecule has 0 radical (unpaired) electrons. The summed E-state index contributed by atoms with van der Waals surface area (Å²) in [4.78, 5) is 13.3. The average Bonchev–Trinajstić information content (AvgIpc) is 3.08. The highest BCUT2D eigenvalue weighted by molar-refractivity contribution is 5.82. The fraction of sp³-hybridized carbons (Fsp3) is 0.400. The van der Waals surface area contributed by atoms with Crippen molar-refractivity contribution in [2.75, 3.05) is 0 Å². The van der Waals surface area contributed by atoms with Gasteiger partial charge in [0.05, 0.1) is 23.0 Å². The highest BCUT2D eigenvalue weighted by Gasteiger charge is 2.42. The van der Waals surface area contributed by atoms with Gasteiger partial charge in [-0.05, 0) is 37.5 Å². The largest absolute Gasteiger partial charge is 0.481 e. The number of hydrogen-bond acceptors (Lipinski definition) is 3. The molecule has 2 aromatic rings. The zero-order chi connectivity index (χ0) is 14.2. The zero-order valence-electron chi connectivity index (χ0n) is 11.4. The molecule has 0 unspecified atom stereocenters. The number of rotatable bonds is 3. The summed E-state index contributed by atoms with van der Waals surface area (Å²) in [5.74, 6) is -0.725. The Balaban J connectivity index is 2.05. The van der Waals surface area contributed by atoms with Crippen molar-refractivity contribution in [1.29, 1.82) is 0 Å². The van der Waals surface area contributed by atoms with Crippen molar-refractivity contribution >= 4 is 5.97 Å². The highest BCUT2D eigenvalue weighted by Crippen LogP contribution is 2.41. The van der Waals surface area contributed by atoms with E-state index in [9.17, 15) is 9.90 Å². The molecule has 1 aliphatic carbocycles. The smallest absolute Gasteiger partial charge is 0.314 e. The number of carboxylic acids is 1. The molecule has 1 aromatic carbocycles. The number of aliphatic carboxylic acids is 1. The third-order valence-corrected chi connectivity index (χ3v) is 4.10. The van der Waals surface area contributed by atoms with Crippen LogP contribution in [0.4, 0.5) is 0 Å². The van der Waals surface area contributed by atoms with Crippen molar-refractivity contribution in [3.05, 3.63) is 41.7 Å². The van der Waals surface area contributed by atoms with Gasteiger partial charge < -0.3 is 5.11 Å². The number of carbonyl (C=O) groups is 1. The Labute approximate surface area is 117 Å². The van der Waals surface area contributed by atoms with Crippen LogP contribution in [0.15, 0.2) is 30.5 Å². The van der Waals surface area contributed by atoms with E-state index in [-0.39, 0.29) is 0 Å². The van der Waals surface area contributed by atoms with E-state index in [0.29, 0.717) is 12.8 Å². The van der Waals surface area contributed by atoms with Crippen LogP contribution in [-0.4, -0.2) is 26.1 Å². The summed E-state index contributed by atoms with van der Waals surface area (Å²) in [6.07, 6.45) is 5.04. The maximum atomic E-state index is 11.7. The Morgan fingerprint density at radius 3 is 2.70 bits per heavy atom. The van der Waals surface area contributed by atoms with E-state index in [4.69, 9.17) is 0 Å². The molecule has 1 heterocycles. The molecule has 0 saturated heterocycles. The van der Waals surface area contributed by atoms with Crippen LogP contribution >= 0.6 is 0 Å². The molecular formula is C15H17N3O2. The first-order chi connectivity index (χ1) is 9.62. The maximum absolute atomic E-state index is 11.7. The Bertz CT molecular complexity index is 642. The molecule has 5 heteroatoms. The molecule has 3 rings (SSSR count). The van der Waals surface area contributed by atoms with Gasteiger partial charge in [0.2, 0.25) is 0 Å². The number of hydrogen-bond donors (Lipinski definition) is 1. The van der Waals surface area contributed by atoms with Crippen LogP contribution in [0.25, 0.3) is 5.69 Å². The van der Waals surface area contributed by atoms with Gasteiger partial charge in [0, 0.05) is 0 Å². The summed E-state index contributed by atoms with van der Waals surface area (Å²) < 4.78 is 0. The van der Waals surface area contributed by atoms with E-state index in [1.807, 2.05) is 31.2 Å². The molecule has 1 fully saturated rings. The van der Waals surface area contributed by atoms with E-state index >= 15 is 0 Å². The second-order valence-corrected chi connectivity index (χ2v) is 5.42.